The van der Waals surface area contributed by atoms with Gasteiger partial charge in [0, 0.05) is 36.5 Å². The Morgan fingerprint density at radius 3 is 2.39 bits per heavy atom. The number of amides is 1. The fourth-order valence-electron chi connectivity index (χ4n) is 6.63. The summed E-state index contributed by atoms with van der Waals surface area (Å²) in [6.45, 7) is 2.07. The molecule has 36 heavy (non-hydrogen) atoms. The van der Waals surface area contributed by atoms with Gasteiger partial charge >= 0.3 is 0 Å². The first kappa shape index (κ1) is 24.7. The highest BCUT2D eigenvalue weighted by Crippen LogP contribution is 2.51. The van der Waals surface area contributed by atoms with Gasteiger partial charge in [0.05, 0.1) is 42.6 Å². The zero-order valence-corrected chi connectivity index (χ0v) is 20.1. The molecular formula is C25H31N3O8. The second-order valence-electron chi connectivity index (χ2n) is 10.3. The van der Waals surface area contributed by atoms with Crippen LogP contribution in [0.25, 0.3) is 5.76 Å². The maximum absolute atomic E-state index is 13.8. The molecule has 2 saturated carbocycles. The topological polar surface area (TPSA) is 174 Å². The smallest absolute Gasteiger partial charge is 0.230 e. The highest BCUT2D eigenvalue weighted by molar-refractivity contribution is 6.19. The summed E-state index contributed by atoms with van der Waals surface area (Å²) in [5.41, 5.74) is 6.42. The Balaban J connectivity index is 1.63. The predicted octanol–water partition coefficient (Wildman–Crippen LogP) is -1.18. The number of primary amides is 1. The molecule has 11 heteroatoms. The monoisotopic (exact) mass is 501 g/mol. The number of ketones is 2. The third kappa shape index (κ3) is 3.45. The summed E-state index contributed by atoms with van der Waals surface area (Å²) < 4.78 is 5.37. The van der Waals surface area contributed by atoms with Crippen LogP contribution < -0.4 is 10.6 Å². The number of Topliss-reactive ketones (excluding diaryl/α,β-unsaturated/α-hetero) is 2. The van der Waals surface area contributed by atoms with Crippen molar-refractivity contribution in [2.45, 2.75) is 24.7 Å². The standard InChI is InChI=1S/C25H31N3O8/c1-27(2)18-15-16(23(33)17(24(18)34)25(26)35)22(32)14-11(19(15)29)9-10-3-4-12(20(30)13(10)21(14)31)28-5-7-36-8-6-28/h3-4,11,15-19,24,29-31,34H,5-9H2,1-2H3,(H2,26,35)/t11-,15-,16-,17?,18+,19+,24?/m0/s1. The van der Waals surface area contributed by atoms with Crippen molar-refractivity contribution in [3.8, 4) is 5.75 Å². The number of fused-ring (bicyclic) bond motifs is 3. The van der Waals surface area contributed by atoms with Gasteiger partial charge in [0.15, 0.2) is 11.6 Å². The van der Waals surface area contributed by atoms with Crippen LogP contribution in [0.1, 0.15) is 11.1 Å². The first-order valence-corrected chi connectivity index (χ1v) is 12.1. The van der Waals surface area contributed by atoms with Crippen molar-refractivity contribution < 1.29 is 39.5 Å². The highest BCUT2D eigenvalue weighted by Gasteiger charge is 2.62. The number of aromatic hydroxyl groups is 1. The van der Waals surface area contributed by atoms with E-state index in [1.807, 2.05) is 4.90 Å². The van der Waals surface area contributed by atoms with E-state index < -0.39 is 65.2 Å². The number of ether oxygens (including phenoxy) is 1. The van der Waals surface area contributed by atoms with Crippen molar-refractivity contribution in [3.05, 3.63) is 28.8 Å². The largest absolute Gasteiger partial charge is 0.507 e. The zero-order chi connectivity index (χ0) is 26.0. The summed E-state index contributed by atoms with van der Waals surface area (Å²) in [5.74, 6) is -8.24. The number of morpholine rings is 1. The number of hydrogen-bond donors (Lipinski definition) is 5. The lowest BCUT2D eigenvalue weighted by atomic mass is 9.55. The minimum atomic E-state index is -1.62. The van der Waals surface area contributed by atoms with Gasteiger partial charge in [-0.25, -0.2) is 0 Å². The highest BCUT2D eigenvalue weighted by atomic mass is 16.5. The van der Waals surface area contributed by atoms with Gasteiger partial charge in [0.1, 0.15) is 17.4 Å². The number of benzene rings is 1. The number of likely N-dealkylation sites (N-methyl/N-ethyl adjacent to an activating group) is 1. The summed E-state index contributed by atoms with van der Waals surface area (Å²) in [4.78, 5) is 42.7. The van der Waals surface area contributed by atoms with Crippen molar-refractivity contribution in [1.29, 1.82) is 0 Å². The number of phenolic OH excluding ortho intramolecular Hbond substituents is 1. The van der Waals surface area contributed by atoms with Gasteiger partial charge in [-0.1, -0.05) is 6.07 Å². The molecule has 0 spiro atoms. The van der Waals surface area contributed by atoms with Crippen LogP contribution >= 0.6 is 0 Å². The van der Waals surface area contributed by atoms with Crippen LogP contribution in [-0.4, -0.2) is 101 Å². The molecule has 3 aliphatic carbocycles. The van der Waals surface area contributed by atoms with Crippen molar-refractivity contribution in [2.75, 3.05) is 45.3 Å². The molecule has 6 N–H and O–H groups in total. The Hall–Kier alpha value is -2.99. The van der Waals surface area contributed by atoms with E-state index >= 15 is 0 Å². The average Bonchev–Trinajstić information content (AvgIpc) is 2.82. The van der Waals surface area contributed by atoms with E-state index in [-0.39, 0.29) is 23.3 Å². The number of nitrogens with zero attached hydrogens (tertiary/aromatic N) is 2. The van der Waals surface area contributed by atoms with E-state index in [0.29, 0.717) is 37.6 Å². The third-order valence-corrected chi connectivity index (χ3v) is 8.24. The summed E-state index contributed by atoms with van der Waals surface area (Å²) in [7, 11) is 3.25. The minimum Gasteiger partial charge on any atom is -0.507 e. The van der Waals surface area contributed by atoms with Crippen LogP contribution in [0.15, 0.2) is 17.7 Å². The molecule has 1 aromatic carbocycles. The van der Waals surface area contributed by atoms with Crippen LogP contribution in [0.2, 0.25) is 0 Å². The molecule has 1 heterocycles. The van der Waals surface area contributed by atoms with Gasteiger partial charge in [0.25, 0.3) is 0 Å². The Morgan fingerprint density at radius 1 is 1.11 bits per heavy atom. The van der Waals surface area contributed by atoms with E-state index in [4.69, 9.17) is 10.5 Å². The number of carbonyl (C=O) groups is 3. The molecule has 1 amide bonds. The molecule has 0 bridgehead atoms. The van der Waals surface area contributed by atoms with Crippen LogP contribution in [0, 0.1) is 23.7 Å². The first-order chi connectivity index (χ1) is 17.1. The molecule has 1 aliphatic heterocycles. The number of anilines is 1. The molecule has 5 rings (SSSR count). The third-order valence-electron chi connectivity index (χ3n) is 8.24. The fraction of sp³-hybridized carbons (Fsp3) is 0.560. The van der Waals surface area contributed by atoms with Gasteiger partial charge < -0.3 is 40.7 Å². The molecule has 4 aliphatic rings. The molecule has 0 aromatic heterocycles. The second kappa shape index (κ2) is 8.84. The molecule has 194 valence electrons. The summed E-state index contributed by atoms with van der Waals surface area (Å²) in [6, 6.07) is 2.60. The molecule has 3 fully saturated rings. The van der Waals surface area contributed by atoms with Crippen LogP contribution in [0.4, 0.5) is 5.69 Å². The predicted molar refractivity (Wildman–Crippen MR) is 127 cm³/mol. The lowest BCUT2D eigenvalue weighted by Crippen LogP contribution is -2.68. The molecule has 1 saturated heterocycles. The Bertz CT molecular complexity index is 1160. The SMILES string of the molecule is CN(C)[C@H]1C(O)C(C(N)=O)C(=O)[C@@H]2C(=O)C3=C(O)c4c(ccc(N5CCOCC5)c4O)C[C@@H]3[C@@H](O)[C@@H]21. The molecule has 11 nitrogen and oxygen atoms in total. The number of carbonyl (C=O) groups excluding carboxylic acids is 3. The van der Waals surface area contributed by atoms with E-state index in [2.05, 4.69) is 0 Å². The number of aliphatic hydroxyl groups excluding tert-OH is 3. The van der Waals surface area contributed by atoms with Gasteiger partial charge in [-0.2, -0.15) is 0 Å². The summed E-state index contributed by atoms with van der Waals surface area (Å²) in [6.07, 6.45) is -2.63. The van der Waals surface area contributed by atoms with E-state index in [0.717, 1.165) is 0 Å². The van der Waals surface area contributed by atoms with Crippen LogP contribution in [-0.2, 0) is 25.5 Å². The first-order valence-electron chi connectivity index (χ1n) is 12.1. The minimum absolute atomic E-state index is 0.100. The van der Waals surface area contributed by atoms with Gasteiger partial charge in [0.2, 0.25) is 5.91 Å². The molecule has 7 atom stereocenters. The second-order valence-corrected chi connectivity index (χ2v) is 10.3. The number of aliphatic hydroxyl groups is 3. The Labute approximate surface area is 207 Å². The summed E-state index contributed by atoms with van der Waals surface area (Å²) >= 11 is 0. The van der Waals surface area contributed by atoms with Crippen LogP contribution in [0.5, 0.6) is 5.75 Å². The lowest BCUT2D eigenvalue weighted by molar-refractivity contribution is -0.165. The van der Waals surface area contributed by atoms with Crippen LogP contribution in [0.3, 0.4) is 0 Å². The quantitative estimate of drug-likeness (QED) is 0.317. The summed E-state index contributed by atoms with van der Waals surface area (Å²) in [5, 5.41) is 44.8. The van der Waals surface area contributed by atoms with Gasteiger partial charge in [-0.3, -0.25) is 14.4 Å². The maximum atomic E-state index is 13.8. The molecule has 0 radical (unpaired) electrons. The van der Waals surface area contributed by atoms with Gasteiger partial charge in [-0.15, -0.1) is 0 Å². The van der Waals surface area contributed by atoms with Crippen molar-refractivity contribution in [2.24, 2.45) is 29.4 Å². The fourth-order valence-corrected chi connectivity index (χ4v) is 6.63. The van der Waals surface area contributed by atoms with Gasteiger partial charge in [-0.05, 0) is 32.1 Å². The Kier molecular flexibility index (Phi) is 6.06. The number of rotatable bonds is 3. The Morgan fingerprint density at radius 2 is 1.78 bits per heavy atom. The van der Waals surface area contributed by atoms with Crippen molar-refractivity contribution >= 4 is 28.9 Å². The average molecular weight is 502 g/mol. The van der Waals surface area contributed by atoms with E-state index in [1.165, 1.54) is 0 Å². The van der Waals surface area contributed by atoms with E-state index in [1.54, 1.807) is 31.1 Å². The zero-order valence-electron chi connectivity index (χ0n) is 20.1. The molecular weight excluding hydrogens is 470 g/mol. The molecule has 2 unspecified atom stereocenters. The van der Waals surface area contributed by atoms with E-state index in [9.17, 15) is 34.8 Å². The normalized spacial score (nSPS) is 34.4. The maximum Gasteiger partial charge on any atom is 0.230 e. The lowest BCUT2D eigenvalue weighted by Gasteiger charge is -2.52. The number of nitrogens with two attached hydrogens (primary N) is 1. The van der Waals surface area contributed by atoms with Crippen molar-refractivity contribution in [3.63, 3.8) is 0 Å². The number of phenols is 1. The molecule has 1 aromatic rings. The number of hydrogen-bond acceptors (Lipinski definition) is 10. The van der Waals surface area contributed by atoms with Crippen molar-refractivity contribution in [1.82, 2.24) is 4.90 Å².